The number of carboxylic acid groups (broad SMARTS) is 1. The number of aliphatic carboxylic acids is 1. The fourth-order valence-electron chi connectivity index (χ4n) is 2.76. The van der Waals surface area contributed by atoms with Crippen molar-refractivity contribution in [1.29, 1.82) is 0 Å². The largest absolute Gasteiger partial charge is 0.480 e. The van der Waals surface area contributed by atoms with Gasteiger partial charge < -0.3 is 5.11 Å². The fraction of sp³-hybridized carbons (Fsp3) is 0.312. The molecule has 5 heteroatoms. The van der Waals surface area contributed by atoms with E-state index in [4.69, 9.17) is 0 Å². The minimum atomic E-state index is -0.741. The monoisotopic (exact) mass is 305 g/mol. The summed E-state index contributed by atoms with van der Waals surface area (Å²) in [6.07, 6.45) is 1.65. The van der Waals surface area contributed by atoms with Crippen molar-refractivity contribution in [2.24, 2.45) is 0 Å². The molecule has 0 spiro atoms. The van der Waals surface area contributed by atoms with Gasteiger partial charge >= 0.3 is 5.97 Å². The van der Waals surface area contributed by atoms with Gasteiger partial charge in [-0.1, -0.05) is 12.1 Å². The predicted octanol–water partition coefficient (Wildman–Crippen LogP) is 3.60. The molecule has 1 aliphatic rings. The van der Waals surface area contributed by atoms with Crippen molar-refractivity contribution in [2.75, 3.05) is 6.54 Å². The lowest BCUT2D eigenvalue weighted by Crippen LogP contribution is -2.35. The maximum absolute atomic E-state index is 13.3. The van der Waals surface area contributed by atoms with Gasteiger partial charge in [0.05, 0.1) is 0 Å². The van der Waals surface area contributed by atoms with E-state index in [0.717, 1.165) is 34.7 Å². The smallest absolute Gasteiger partial charge is 0.320 e. The molecule has 1 fully saturated rings. The maximum Gasteiger partial charge on any atom is 0.320 e. The molecule has 0 saturated carbocycles. The van der Waals surface area contributed by atoms with Crippen LogP contribution in [0.2, 0.25) is 0 Å². The Kier molecular flexibility index (Phi) is 4.03. The molecule has 1 atom stereocenters. The van der Waals surface area contributed by atoms with Crippen LogP contribution in [0.3, 0.4) is 0 Å². The van der Waals surface area contributed by atoms with Crippen LogP contribution in [0.5, 0.6) is 0 Å². The van der Waals surface area contributed by atoms with E-state index in [1.165, 1.54) is 12.1 Å². The molecule has 2 aromatic rings. The van der Waals surface area contributed by atoms with Gasteiger partial charge in [0.15, 0.2) is 0 Å². The van der Waals surface area contributed by atoms with Crippen LogP contribution in [0, 0.1) is 5.82 Å². The van der Waals surface area contributed by atoms with E-state index in [1.54, 1.807) is 17.4 Å². The maximum atomic E-state index is 13.3. The van der Waals surface area contributed by atoms with Gasteiger partial charge in [-0.3, -0.25) is 9.69 Å². The number of likely N-dealkylation sites (tertiary alicyclic amines) is 1. The third-order valence-electron chi connectivity index (χ3n) is 3.78. The van der Waals surface area contributed by atoms with E-state index in [2.05, 4.69) is 0 Å². The molecule has 110 valence electrons. The SMILES string of the molecule is O=C(O)[C@H]1CCCN1Cc1ccc(-c2cccc(F)c2)s1. The first-order valence-corrected chi connectivity index (χ1v) is 7.76. The van der Waals surface area contributed by atoms with Gasteiger partial charge in [0.1, 0.15) is 11.9 Å². The van der Waals surface area contributed by atoms with Gasteiger partial charge in [-0.15, -0.1) is 11.3 Å². The molecule has 1 aromatic heterocycles. The number of hydrogen-bond acceptors (Lipinski definition) is 3. The summed E-state index contributed by atoms with van der Waals surface area (Å²) >= 11 is 1.59. The normalized spacial score (nSPS) is 19.0. The lowest BCUT2D eigenvalue weighted by molar-refractivity contribution is -0.142. The Morgan fingerprint density at radius 1 is 1.38 bits per heavy atom. The number of halogens is 1. The summed E-state index contributed by atoms with van der Waals surface area (Å²) in [5.41, 5.74) is 0.863. The number of benzene rings is 1. The van der Waals surface area contributed by atoms with Crippen LogP contribution in [-0.2, 0) is 11.3 Å². The highest BCUT2D eigenvalue weighted by molar-refractivity contribution is 7.15. The van der Waals surface area contributed by atoms with E-state index in [9.17, 15) is 14.3 Å². The van der Waals surface area contributed by atoms with Crippen LogP contribution in [0.1, 0.15) is 17.7 Å². The summed E-state index contributed by atoms with van der Waals surface area (Å²) in [5, 5.41) is 9.20. The van der Waals surface area contributed by atoms with Crippen molar-refractivity contribution in [1.82, 2.24) is 4.90 Å². The Balaban J connectivity index is 1.75. The molecule has 1 N–H and O–H groups in total. The molecular formula is C16H16FNO2S. The molecule has 0 unspecified atom stereocenters. The van der Waals surface area contributed by atoms with Crippen molar-refractivity contribution in [3.05, 3.63) is 47.1 Å². The Morgan fingerprint density at radius 2 is 2.24 bits per heavy atom. The molecule has 1 aliphatic heterocycles. The second kappa shape index (κ2) is 5.95. The summed E-state index contributed by atoms with van der Waals surface area (Å²) in [5.74, 6) is -0.984. The quantitative estimate of drug-likeness (QED) is 0.938. The zero-order valence-electron chi connectivity index (χ0n) is 11.5. The number of nitrogens with zero attached hydrogens (tertiary/aromatic N) is 1. The molecular weight excluding hydrogens is 289 g/mol. The van der Waals surface area contributed by atoms with Gasteiger partial charge in [0, 0.05) is 16.3 Å². The molecule has 0 aliphatic carbocycles. The van der Waals surface area contributed by atoms with Gasteiger partial charge in [0.25, 0.3) is 0 Å². The third kappa shape index (κ3) is 3.14. The van der Waals surface area contributed by atoms with Crippen LogP contribution in [0.15, 0.2) is 36.4 Å². The average Bonchev–Trinajstić information content (AvgIpc) is 3.08. The second-order valence-electron chi connectivity index (χ2n) is 5.24. The highest BCUT2D eigenvalue weighted by Crippen LogP contribution is 2.30. The van der Waals surface area contributed by atoms with E-state index < -0.39 is 5.97 Å². The van der Waals surface area contributed by atoms with Gasteiger partial charge in [0.2, 0.25) is 0 Å². The molecule has 3 rings (SSSR count). The zero-order valence-corrected chi connectivity index (χ0v) is 12.3. The van der Waals surface area contributed by atoms with Crippen LogP contribution >= 0.6 is 11.3 Å². The zero-order chi connectivity index (χ0) is 14.8. The molecule has 0 radical (unpaired) electrons. The lowest BCUT2D eigenvalue weighted by atomic mass is 10.2. The summed E-state index contributed by atoms with van der Waals surface area (Å²) in [4.78, 5) is 15.3. The van der Waals surface area contributed by atoms with Crippen molar-refractivity contribution < 1.29 is 14.3 Å². The Hall–Kier alpha value is -1.72. The molecule has 3 nitrogen and oxygen atoms in total. The summed E-state index contributed by atoms with van der Waals surface area (Å²) in [6.45, 7) is 1.47. The Morgan fingerprint density at radius 3 is 3.00 bits per heavy atom. The summed E-state index contributed by atoms with van der Waals surface area (Å²) in [7, 11) is 0. The lowest BCUT2D eigenvalue weighted by Gasteiger charge is -2.19. The van der Waals surface area contributed by atoms with Crippen LogP contribution in [-0.4, -0.2) is 28.6 Å². The number of rotatable bonds is 4. The van der Waals surface area contributed by atoms with Crippen molar-refractivity contribution in [3.63, 3.8) is 0 Å². The van der Waals surface area contributed by atoms with E-state index in [0.29, 0.717) is 6.54 Å². The second-order valence-corrected chi connectivity index (χ2v) is 6.41. The standard InChI is InChI=1S/C16H16FNO2S/c17-12-4-1-3-11(9-12)15-7-6-13(21-15)10-18-8-2-5-14(18)16(19)20/h1,3-4,6-7,9,14H,2,5,8,10H2,(H,19,20)/t14-/m1/s1. The van der Waals surface area contributed by atoms with Crippen molar-refractivity contribution >= 4 is 17.3 Å². The molecule has 1 aromatic carbocycles. The van der Waals surface area contributed by atoms with Crippen LogP contribution in [0.25, 0.3) is 10.4 Å². The summed E-state index contributed by atoms with van der Waals surface area (Å²) in [6, 6.07) is 10.1. The molecule has 0 amide bonds. The number of thiophene rings is 1. The third-order valence-corrected chi connectivity index (χ3v) is 4.90. The first kappa shape index (κ1) is 14.2. The number of hydrogen-bond donors (Lipinski definition) is 1. The highest BCUT2D eigenvalue weighted by atomic mass is 32.1. The molecule has 0 bridgehead atoms. The van der Waals surface area contributed by atoms with Crippen molar-refractivity contribution in [3.8, 4) is 10.4 Å². The van der Waals surface area contributed by atoms with Crippen molar-refractivity contribution in [2.45, 2.75) is 25.4 Å². The van der Waals surface area contributed by atoms with E-state index >= 15 is 0 Å². The Bertz CT molecular complexity index is 655. The van der Waals surface area contributed by atoms with E-state index in [1.807, 2.05) is 23.1 Å². The fourth-order valence-corrected chi connectivity index (χ4v) is 3.78. The summed E-state index contributed by atoms with van der Waals surface area (Å²) < 4.78 is 13.3. The van der Waals surface area contributed by atoms with Crippen LogP contribution in [0.4, 0.5) is 4.39 Å². The average molecular weight is 305 g/mol. The Labute approximate surface area is 126 Å². The minimum Gasteiger partial charge on any atom is -0.480 e. The number of carboxylic acids is 1. The highest BCUT2D eigenvalue weighted by Gasteiger charge is 2.30. The molecule has 2 heterocycles. The number of carbonyl (C=O) groups is 1. The van der Waals surface area contributed by atoms with Gasteiger partial charge in [-0.25, -0.2) is 4.39 Å². The van der Waals surface area contributed by atoms with Gasteiger partial charge in [-0.2, -0.15) is 0 Å². The predicted molar refractivity (Wildman–Crippen MR) is 80.8 cm³/mol. The molecule has 1 saturated heterocycles. The first-order chi connectivity index (χ1) is 10.1. The topological polar surface area (TPSA) is 40.5 Å². The van der Waals surface area contributed by atoms with Crippen LogP contribution < -0.4 is 0 Å². The van der Waals surface area contributed by atoms with Gasteiger partial charge in [-0.05, 0) is 49.2 Å². The molecule has 21 heavy (non-hydrogen) atoms. The van der Waals surface area contributed by atoms with E-state index in [-0.39, 0.29) is 11.9 Å². The minimum absolute atomic E-state index is 0.243. The first-order valence-electron chi connectivity index (χ1n) is 6.95.